The van der Waals surface area contributed by atoms with Gasteiger partial charge in [-0.05, 0) is 12.5 Å². The molecule has 8 heteroatoms. The largest absolute Gasteiger partial charge is 0.397 e. The van der Waals surface area contributed by atoms with Crippen molar-refractivity contribution in [3.63, 3.8) is 0 Å². The number of carbonyl (C=O) groups is 1. The van der Waals surface area contributed by atoms with E-state index in [9.17, 15) is 4.79 Å². The number of hydrogen-bond acceptors (Lipinski definition) is 7. The van der Waals surface area contributed by atoms with Gasteiger partial charge in [-0.25, -0.2) is 10.8 Å². The maximum Gasteiger partial charge on any atom is 0.264 e. The zero-order valence-electron chi connectivity index (χ0n) is 13.2. The molecule has 1 aliphatic rings. The molecule has 23 heavy (non-hydrogen) atoms. The van der Waals surface area contributed by atoms with E-state index in [0.29, 0.717) is 23.5 Å². The van der Waals surface area contributed by atoms with Crippen LogP contribution in [0.25, 0.3) is 0 Å². The summed E-state index contributed by atoms with van der Waals surface area (Å²) in [6, 6.07) is 0. The molecule has 0 fully saturated rings. The van der Waals surface area contributed by atoms with E-state index in [1.807, 2.05) is 6.92 Å². The summed E-state index contributed by atoms with van der Waals surface area (Å²) >= 11 is 0. The summed E-state index contributed by atoms with van der Waals surface area (Å²) in [5.41, 5.74) is 18.1. The van der Waals surface area contributed by atoms with Crippen LogP contribution in [0.2, 0.25) is 0 Å². The number of amidine groups is 1. The third kappa shape index (κ3) is 5.94. The van der Waals surface area contributed by atoms with Crippen molar-refractivity contribution in [3.8, 4) is 11.8 Å². The molecule has 0 saturated heterocycles. The highest BCUT2D eigenvalue weighted by Gasteiger charge is 2.19. The van der Waals surface area contributed by atoms with Gasteiger partial charge in [-0.1, -0.05) is 18.8 Å². The number of carbonyl (C=O) groups excluding carboxylic acids is 1. The van der Waals surface area contributed by atoms with Gasteiger partial charge in [0.25, 0.3) is 5.91 Å². The minimum atomic E-state index is -0.319. The van der Waals surface area contributed by atoms with Crippen LogP contribution in [-0.2, 0) is 4.79 Å². The maximum absolute atomic E-state index is 12.3. The molecule has 0 unspecified atom stereocenters. The lowest BCUT2D eigenvalue weighted by atomic mass is 10.1. The molecule has 8 N–H and O–H groups in total. The molecule has 0 aromatic heterocycles. The Bertz CT molecular complexity index is 619. The van der Waals surface area contributed by atoms with Crippen LogP contribution in [-0.4, -0.2) is 42.6 Å². The molecule has 0 aliphatic carbocycles. The molecule has 1 aliphatic heterocycles. The van der Waals surface area contributed by atoms with Gasteiger partial charge in [0.2, 0.25) is 0 Å². The lowest BCUT2D eigenvalue weighted by Crippen LogP contribution is -2.39. The first-order valence-electron chi connectivity index (χ1n) is 7.25. The lowest BCUT2D eigenvalue weighted by molar-refractivity contribution is -0.127. The van der Waals surface area contributed by atoms with Crippen molar-refractivity contribution < 1.29 is 4.79 Å². The normalized spacial score (nSPS) is 14.7. The molecule has 0 aromatic rings. The van der Waals surface area contributed by atoms with Crippen molar-refractivity contribution in [2.75, 3.05) is 19.6 Å². The number of aliphatic imine (C=N–C) groups is 2. The van der Waals surface area contributed by atoms with Crippen LogP contribution in [0.15, 0.2) is 33.0 Å². The number of allylic oxidation sites excluding steroid dienone is 2. The number of hydrogen-bond donors (Lipinski definition) is 4. The second-order valence-electron chi connectivity index (χ2n) is 4.82. The van der Waals surface area contributed by atoms with Gasteiger partial charge >= 0.3 is 0 Å². The van der Waals surface area contributed by atoms with Crippen molar-refractivity contribution in [1.82, 2.24) is 5.01 Å². The molecular formula is C15H23N7O. The minimum absolute atomic E-state index is 0.182. The topological polar surface area (TPSA) is 149 Å². The molecule has 0 aromatic carbocycles. The van der Waals surface area contributed by atoms with Crippen LogP contribution >= 0.6 is 0 Å². The van der Waals surface area contributed by atoms with E-state index in [1.165, 1.54) is 12.3 Å². The monoisotopic (exact) mass is 317 g/mol. The van der Waals surface area contributed by atoms with Gasteiger partial charge in [-0.3, -0.25) is 14.8 Å². The first-order chi connectivity index (χ1) is 11.0. The zero-order chi connectivity index (χ0) is 17.2. The van der Waals surface area contributed by atoms with Crippen LogP contribution in [0.3, 0.4) is 0 Å². The summed E-state index contributed by atoms with van der Waals surface area (Å²) in [5.74, 6) is 11.1. The highest BCUT2D eigenvalue weighted by atomic mass is 16.2. The Kier molecular flexibility index (Phi) is 7.53. The fraction of sp³-hybridized carbons (Fsp3) is 0.400. The number of amides is 1. The first kappa shape index (κ1) is 18.4. The van der Waals surface area contributed by atoms with Gasteiger partial charge < -0.3 is 17.2 Å². The van der Waals surface area contributed by atoms with Crippen LogP contribution in [0, 0.1) is 11.8 Å². The Labute approximate surface area is 136 Å². The Morgan fingerprint density at radius 3 is 2.87 bits per heavy atom. The van der Waals surface area contributed by atoms with E-state index in [2.05, 4.69) is 21.8 Å². The van der Waals surface area contributed by atoms with Gasteiger partial charge in [0, 0.05) is 18.5 Å². The van der Waals surface area contributed by atoms with Crippen LogP contribution in [0.1, 0.15) is 19.8 Å². The second kappa shape index (κ2) is 9.40. The predicted molar refractivity (Wildman–Crippen MR) is 91.9 cm³/mol. The highest BCUT2D eigenvalue weighted by molar-refractivity contribution is 6.02. The number of nitrogens with two attached hydrogens (primary N) is 4. The summed E-state index contributed by atoms with van der Waals surface area (Å²) in [6.45, 7) is 2.95. The third-order valence-corrected chi connectivity index (χ3v) is 2.87. The van der Waals surface area contributed by atoms with E-state index in [-0.39, 0.29) is 31.3 Å². The Morgan fingerprint density at radius 2 is 2.22 bits per heavy atom. The van der Waals surface area contributed by atoms with Crippen molar-refractivity contribution >= 4 is 18.0 Å². The molecule has 0 radical (unpaired) electrons. The van der Waals surface area contributed by atoms with Gasteiger partial charge in [0.1, 0.15) is 11.5 Å². The SMILES string of the molecule is CCCN(N)C(=O)C1=CC(N)=C(C=NCC#CCN)N=C(N)C1. The van der Waals surface area contributed by atoms with Crippen LogP contribution < -0.4 is 23.0 Å². The third-order valence-electron chi connectivity index (χ3n) is 2.87. The number of hydrazine groups is 1. The van der Waals surface area contributed by atoms with E-state index >= 15 is 0 Å². The molecule has 8 nitrogen and oxygen atoms in total. The molecular weight excluding hydrogens is 294 g/mol. The molecule has 0 atom stereocenters. The van der Waals surface area contributed by atoms with Crippen molar-refractivity contribution in [2.45, 2.75) is 19.8 Å². The van der Waals surface area contributed by atoms with E-state index in [4.69, 9.17) is 23.0 Å². The van der Waals surface area contributed by atoms with Crippen LogP contribution in [0.4, 0.5) is 0 Å². The Balaban J connectivity index is 2.97. The minimum Gasteiger partial charge on any atom is -0.397 e. The predicted octanol–water partition coefficient (Wildman–Crippen LogP) is -1.01. The summed E-state index contributed by atoms with van der Waals surface area (Å²) in [7, 11) is 0. The molecule has 0 saturated carbocycles. The van der Waals surface area contributed by atoms with Crippen molar-refractivity contribution in [3.05, 3.63) is 23.0 Å². The molecule has 1 rings (SSSR count). The lowest BCUT2D eigenvalue weighted by Gasteiger charge is -2.17. The highest BCUT2D eigenvalue weighted by Crippen LogP contribution is 2.15. The molecule has 0 bridgehead atoms. The second-order valence-corrected chi connectivity index (χ2v) is 4.82. The quantitative estimate of drug-likeness (QED) is 0.168. The van der Waals surface area contributed by atoms with Crippen LogP contribution in [0.5, 0.6) is 0 Å². The number of nitrogens with zero attached hydrogens (tertiary/aromatic N) is 3. The van der Waals surface area contributed by atoms with Crippen molar-refractivity contribution in [2.24, 2.45) is 33.0 Å². The van der Waals surface area contributed by atoms with Gasteiger partial charge in [0.15, 0.2) is 0 Å². The number of rotatable bonds is 5. The summed E-state index contributed by atoms with van der Waals surface area (Å²) < 4.78 is 0. The Hall–Kier alpha value is -2.63. The zero-order valence-corrected chi connectivity index (χ0v) is 13.2. The van der Waals surface area contributed by atoms with Gasteiger partial charge in [0.05, 0.1) is 25.0 Å². The van der Waals surface area contributed by atoms with Gasteiger partial charge in [-0.15, -0.1) is 0 Å². The fourth-order valence-electron chi connectivity index (χ4n) is 1.84. The summed E-state index contributed by atoms with van der Waals surface area (Å²) in [4.78, 5) is 20.5. The average molecular weight is 317 g/mol. The average Bonchev–Trinajstić information content (AvgIpc) is 2.65. The van der Waals surface area contributed by atoms with E-state index in [0.717, 1.165) is 11.4 Å². The van der Waals surface area contributed by atoms with E-state index in [1.54, 1.807) is 0 Å². The maximum atomic E-state index is 12.3. The molecule has 1 amide bonds. The molecule has 124 valence electrons. The van der Waals surface area contributed by atoms with Gasteiger partial charge in [-0.2, -0.15) is 0 Å². The summed E-state index contributed by atoms with van der Waals surface area (Å²) in [5, 5.41) is 1.15. The van der Waals surface area contributed by atoms with E-state index < -0.39 is 0 Å². The smallest absolute Gasteiger partial charge is 0.264 e. The molecule has 1 heterocycles. The standard InChI is InChI=1S/C15H23N7O/c1-2-7-22(19)15(23)11-8-12(17)13(21-14(18)9-11)10-20-6-4-3-5-16/h8,10H,2,5-7,9,16-17,19H2,1H3,(H2,18,21). The molecule has 0 spiro atoms. The fourth-order valence-corrected chi connectivity index (χ4v) is 1.84. The summed E-state index contributed by atoms with van der Waals surface area (Å²) in [6.07, 6.45) is 3.95. The van der Waals surface area contributed by atoms with Crippen molar-refractivity contribution in [1.29, 1.82) is 0 Å². The first-order valence-corrected chi connectivity index (χ1v) is 7.25. The Morgan fingerprint density at radius 1 is 1.48 bits per heavy atom.